The second-order valence-electron chi connectivity index (χ2n) is 7.19. The third-order valence-corrected chi connectivity index (χ3v) is 5.24. The van der Waals surface area contributed by atoms with E-state index in [4.69, 9.17) is 4.98 Å². The van der Waals surface area contributed by atoms with Gasteiger partial charge in [-0.3, -0.25) is 0 Å². The predicted molar refractivity (Wildman–Crippen MR) is 105 cm³/mol. The van der Waals surface area contributed by atoms with Gasteiger partial charge < -0.3 is 19.7 Å². The fraction of sp³-hybridized carbons (Fsp3) is 0.400. The minimum absolute atomic E-state index is 0.116. The molecule has 1 aromatic carbocycles. The molecule has 146 valence electrons. The van der Waals surface area contributed by atoms with Gasteiger partial charge in [0.2, 0.25) is 0 Å². The molecule has 1 aliphatic rings. The number of benzene rings is 1. The molecule has 0 unspecified atom stereocenters. The molecule has 1 aliphatic heterocycles. The van der Waals surface area contributed by atoms with Gasteiger partial charge in [-0.05, 0) is 31.9 Å². The molecule has 1 atom stereocenters. The van der Waals surface area contributed by atoms with E-state index in [0.717, 1.165) is 43.3 Å². The van der Waals surface area contributed by atoms with Gasteiger partial charge in [0.1, 0.15) is 24.0 Å². The highest BCUT2D eigenvalue weighted by molar-refractivity contribution is 5.65. The number of hydrogen-bond acceptors (Lipinski definition) is 7. The lowest BCUT2D eigenvalue weighted by atomic mass is 9.97. The van der Waals surface area contributed by atoms with Gasteiger partial charge in [0, 0.05) is 37.8 Å². The van der Waals surface area contributed by atoms with Crippen molar-refractivity contribution in [1.82, 2.24) is 24.7 Å². The second-order valence-corrected chi connectivity index (χ2v) is 7.19. The topological polar surface area (TPSA) is 100 Å². The van der Waals surface area contributed by atoms with Crippen molar-refractivity contribution in [2.45, 2.75) is 32.3 Å². The number of anilines is 1. The molecule has 8 nitrogen and oxygen atoms in total. The molecule has 1 saturated heterocycles. The first-order chi connectivity index (χ1) is 13.6. The quantitative estimate of drug-likeness (QED) is 0.715. The number of aryl methyl sites for hydroxylation is 1. The summed E-state index contributed by atoms with van der Waals surface area (Å²) in [7, 11) is 1.89. The maximum absolute atomic E-state index is 10.2. The minimum atomic E-state index is -0.116. The number of aromatic hydroxyl groups is 1. The van der Waals surface area contributed by atoms with Gasteiger partial charge in [0.05, 0.1) is 5.56 Å². The molecule has 4 rings (SSSR count). The molecule has 28 heavy (non-hydrogen) atoms. The van der Waals surface area contributed by atoms with Crippen molar-refractivity contribution in [3.8, 4) is 17.1 Å². The Balaban J connectivity index is 1.63. The van der Waals surface area contributed by atoms with E-state index in [1.54, 1.807) is 12.1 Å². The third-order valence-electron chi connectivity index (χ3n) is 5.24. The van der Waals surface area contributed by atoms with Crippen LogP contribution in [0.3, 0.4) is 0 Å². The van der Waals surface area contributed by atoms with Crippen LogP contribution in [-0.2, 0) is 13.7 Å². The third kappa shape index (κ3) is 3.43. The fourth-order valence-corrected chi connectivity index (χ4v) is 3.76. The summed E-state index contributed by atoms with van der Waals surface area (Å²) in [5.74, 6) is 3.23. The van der Waals surface area contributed by atoms with E-state index in [-0.39, 0.29) is 18.3 Å². The Kier molecular flexibility index (Phi) is 4.95. The molecule has 0 spiro atoms. The Bertz CT molecular complexity index is 987. The zero-order valence-electron chi connectivity index (χ0n) is 16.1. The number of aliphatic hydroxyl groups is 1. The van der Waals surface area contributed by atoms with Crippen LogP contribution in [0.1, 0.15) is 36.1 Å². The number of hydrogen-bond donors (Lipinski definition) is 2. The van der Waals surface area contributed by atoms with E-state index < -0.39 is 0 Å². The van der Waals surface area contributed by atoms with Crippen molar-refractivity contribution in [3.05, 3.63) is 47.7 Å². The van der Waals surface area contributed by atoms with Gasteiger partial charge in [-0.2, -0.15) is 0 Å². The van der Waals surface area contributed by atoms with E-state index in [1.165, 1.54) is 0 Å². The van der Waals surface area contributed by atoms with Gasteiger partial charge in [-0.25, -0.2) is 9.97 Å². The van der Waals surface area contributed by atoms with E-state index in [9.17, 15) is 10.2 Å². The van der Waals surface area contributed by atoms with E-state index in [0.29, 0.717) is 17.2 Å². The standard InChI is InChI=1S/C20H24N6O2/c1-13-10-17(22-19(21-13)15-7-3-4-8-16(15)28)26-9-5-6-14(11-26)20-24-23-18(12-27)25(20)2/h3-4,7-8,10,14,27-28H,5-6,9,11-12H2,1-2H3/t14-/m0/s1. The van der Waals surface area contributed by atoms with Crippen LogP contribution in [0.5, 0.6) is 5.75 Å². The minimum Gasteiger partial charge on any atom is -0.507 e. The molecule has 1 fully saturated rings. The lowest BCUT2D eigenvalue weighted by Crippen LogP contribution is -2.36. The molecule has 2 aromatic heterocycles. The normalized spacial score (nSPS) is 17.1. The molecule has 0 aliphatic carbocycles. The Hall–Kier alpha value is -3.00. The molecule has 0 radical (unpaired) electrons. The number of phenols is 1. The van der Waals surface area contributed by atoms with Crippen molar-refractivity contribution >= 4 is 5.82 Å². The summed E-state index contributed by atoms with van der Waals surface area (Å²) in [5, 5.41) is 27.9. The average molecular weight is 380 g/mol. The molecular weight excluding hydrogens is 356 g/mol. The average Bonchev–Trinajstić information content (AvgIpc) is 3.08. The first kappa shape index (κ1) is 18.4. The first-order valence-electron chi connectivity index (χ1n) is 9.45. The van der Waals surface area contributed by atoms with Crippen molar-refractivity contribution in [2.75, 3.05) is 18.0 Å². The van der Waals surface area contributed by atoms with Gasteiger partial charge in [0.25, 0.3) is 0 Å². The van der Waals surface area contributed by atoms with Crippen LogP contribution in [0.15, 0.2) is 30.3 Å². The molecule has 3 heterocycles. The van der Waals surface area contributed by atoms with Crippen LogP contribution in [0.25, 0.3) is 11.4 Å². The Labute approximate surface area is 163 Å². The lowest BCUT2D eigenvalue weighted by Gasteiger charge is -2.33. The SMILES string of the molecule is Cc1cc(N2CCC[C@H](c3nnc(CO)n3C)C2)nc(-c2ccccc2O)n1. The van der Waals surface area contributed by atoms with Crippen LogP contribution >= 0.6 is 0 Å². The number of piperidine rings is 1. The second kappa shape index (κ2) is 7.55. The maximum Gasteiger partial charge on any atom is 0.165 e. The summed E-state index contributed by atoms with van der Waals surface area (Å²) in [4.78, 5) is 11.5. The van der Waals surface area contributed by atoms with Gasteiger partial charge in [0.15, 0.2) is 11.6 Å². The van der Waals surface area contributed by atoms with Gasteiger partial charge >= 0.3 is 0 Å². The Morgan fingerprint density at radius 1 is 1.18 bits per heavy atom. The number of aromatic nitrogens is 5. The van der Waals surface area contributed by atoms with Gasteiger partial charge in [-0.1, -0.05) is 12.1 Å². The molecule has 2 N–H and O–H groups in total. The van der Waals surface area contributed by atoms with Crippen LogP contribution in [-0.4, -0.2) is 48.0 Å². The van der Waals surface area contributed by atoms with Crippen molar-refractivity contribution in [2.24, 2.45) is 7.05 Å². The maximum atomic E-state index is 10.2. The number of rotatable bonds is 4. The summed E-state index contributed by atoms with van der Waals surface area (Å²) < 4.78 is 1.88. The van der Waals surface area contributed by atoms with Crippen LogP contribution in [0, 0.1) is 6.92 Å². The Morgan fingerprint density at radius 3 is 2.75 bits per heavy atom. The summed E-state index contributed by atoms with van der Waals surface area (Å²) >= 11 is 0. The molecule has 8 heteroatoms. The monoisotopic (exact) mass is 380 g/mol. The van der Waals surface area contributed by atoms with Crippen LogP contribution in [0.4, 0.5) is 5.82 Å². The summed E-state index contributed by atoms with van der Waals surface area (Å²) in [6, 6.07) is 9.09. The summed E-state index contributed by atoms with van der Waals surface area (Å²) in [5.41, 5.74) is 1.48. The van der Waals surface area contributed by atoms with Crippen molar-refractivity contribution in [1.29, 1.82) is 0 Å². The van der Waals surface area contributed by atoms with Crippen molar-refractivity contribution < 1.29 is 10.2 Å². The first-order valence-corrected chi connectivity index (χ1v) is 9.45. The summed E-state index contributed by atoms with van der Waals surface area (Å²) in [6.45, 7) is 3.49. The van der Waals surface area contributed by atoms with Crippen LogP contribution in [0.2, 0.25) is 0 Å². The molecular formula is C20H24N6O2. The molecule has 0 bridgehead atoms. The number of aliphatic hydroxyl groups excluding tert-OH is 1. The fourth-order valence-electron chi connectivity index (χ4n) is 3.76. The number of para-hydroxylation sites is 1. The molecule has 0 saturated carbocycles. The molecule has 0 amide bonds. The van der Waals surface area contributed by atoms with Gasteiger partial charge in [-0.15, -0.1) is 10.2 Å². The number of phenolic OH excluding ortho intramolecular Hbond substituents is 1. The van der Waals surface area contributed by atoms with E-state index >= 15 is 0 Å². The predicted octanol–water partition coefficient (Wildman–Crippen LogP) is 2.16. The highest BCUT2D eigenvalue weighted by atomic mass is 16.3. The highest BCUT2D eigenvalue weighted by Crippen LogP contribution is 2.31. The smallest absolute Gasteiger partial charge is 0.165 e. The summed E-state index contributed by atoms with van der Waals surface area (Å²) in [6.07, 6.45) is 2.03. The largest absolute Gasteiger partial charge is 0.507 e. The lowest BCUT2D eigenvalue weighted by molar-refractivity contribution is 0.266. The number of nitrogens with zero attached hydrogens (tertiary/aromatic N) is 6. The molecule has 3 aromatic rings. The van der Waals surface area contributed by atoms with E-state index in [1.807, 2.05) is 36.7 Å². The highest BCUT2D eigenvalue weighted by Gasteiger charge is 2.27. The van der Waals surface area contributed by atoms with Crippen LogP contribution < -0.4 is 4.90 Å². The van der Waals surface area contributed by atoms with Crippen molar-refractivity contribution in [3.63, 3.8) is 0 Å². The van der Waals surface area contributed by atoms with E-state index in [2.05, 4.69) is 20.1 Å². The Morgan fingerprint density at radius 2 is 2.00 bits per heavy atom. The zero-order chi connectivity index (χ0) is 19.7. The zero-order valence-corrected chi connectivity index (χ0v) is 16.1.